The molecule has 0 aliphatic heterocycles. The number of carbonyl (C=O) groups excluding carboxylic acids is 2. The predicted molar refractivity (Wildman–Crippen MR) is 115 cm³/mol. The number of amides is 2. The van der Waals surface area contributed by atoms with Crippen molar-refractivity contribution in [1.29, 1.82) is 0 Å². The Morgan fingerprint density at radius 3 is 2.45 bits per heavy atom. The molecule has 0 radical (unpaired) electrons. The minimum absolute atomic E-state index is 0.0313. The fourth-order valence-corrected chi connectivity index (χ4v) is 2.43. The van der Waals surface area contributed by atoms with Crippen LogP contribution in [0.4, 0.5) is 0 Å². The van der Waals surface area contributed by atoms with Crippen LogP contribution in [0.5, 0.6) is 11.5 Å². The molecule has 8 heteroatoms. The summed E-state index contributed by atoms with van der Waals surface area (Å²) < 4.78 is 11.0. The maximum absolute atomic E-state index is 12.3. The third kappa shape index (κ3) is 8.18. The fraction of sp³-hybridized carbons (Fsp3) is 0.286. The van der Waals surface area contributed by atoms with E-state index in [1.165, 1.54) is 0 Å². The van der Waals surface area contributed by atoms with Gasteiger partial charge >= 0.3 is 0 Å². The Balaban J connectivity index is 1.74. The molecule has 0 bridgehead atoms. The molecule has 0 unspecified atom stereocenters. The SMILES string of the molecule is CCCCOc1cccc(C(=O)NC(=S)NNC(=O)COc2cccc(C)c2)c1. The fourth-order valence-electron chi connectivity index (χ4n) is 2.28. The van der Waals surface area contributed by atoms with Gasteiger partial charge in [-0.25, -0.2) is 0 Å². The van der Waals surface area contributed by atoms with E-state index in [0.717, 1.165) is 18.4 Å². The summed E-state index contributed by atoms with van der Waals surface area (Å²) in [4.78, 5) is 24.1. The number of thiocarbonyl (C=S) groups is 1. The zero-order valence-electron chi connectivity index (χ0n) is 16.5. The molecule has 0 heterocycles. The van der Waals surface area contributed by atoms with Crippen LogP contribution in [0.1, 0.15) is 35.7 Å². The molecule has 0 aliphatic carbocycles. The first-order valence-corrected chi connectivity index (χ1v) is 9.71. The summed E-state index contributed by atoms with van der Waals surface area (Å²) >= 11 is 5.03. The zero-order chi connectivity index (χ0) is 21.1. The summed E-state index contributed by atoms with van der Waals surface area (Å²) in [5.41, 5.74) is 6.28. The van der Waals surface area contributed by atoms with Crippen molar-refractivity contribution >= 4 is 29.1 Å². The molecule has 0 saturated carbocycles. The number of benzene rings is 2. The molecule has 3 N–H and O–H groups in total. The summed E-state index contributed by atoms with van der Waals surface area (Å²) in [6.45, 7) is 4.42. The van der Waals surface area contributed by atoms with Gasteiger partial charge in [0.1, 0.15) is 11.5 Å². The maximum atomic E-state index is 12.3. The molecule has 0 aliphatic rings. The smallest absolute Gasteiger partial charge is 0.276 e. The third-order valence-corrected chi connectivity index (χ3v) is 3.97. The van der Waals surface area contributed by atoms with E-state index in [-0.39, 0.29) is 11.7 Å². The van der Waals surface area contributed by atoms with Crippen molar-refractivity contribution in [2.45, 2.75) is 26.7 Å². The summed E-state index contributed by atoms with van der Waals surface area (Å²) in [6.07, 6.45) is 1.97. The van der Waals surface area contributed by atoms with Gasteiger partial charge in [-0.3, -0.25) is 25.8 Å². The molecule has 0 fully saturated rings. The van der Waals surface area contributed by atoms with E-state index in [4.69, 9.17) is 21.7 Å². The molecule has 154 valence electrons. The number of rotatable bonds is 8. The lowest BCUT2D eigenvalue weighted by atomic mass is 10.2. The van der Waals surface area contributed by atoms with Gasteiger partial charge in [-0.2, -0.15) is 0 Å². The van der Waals surface area contributed by atoms with Crippen LogP contribution in [-0.2, 0) is 4.79 Å². The molecular weight excluding hydrogens is 390 g/mol. The normalized spacial score (nSPS) is 10.0. The van der Waals surface area contributed by atoms with E-state index in [1.54, 1.807) is 30.3 Å². The van der Waals surface area contributed by atoms with E-state index < -0.39 is 11.8 Å². The highest BCUT2D eigenvalue weighted by molar-refractivity contribution is 7.80. The molecular formula is C21H25N3O4S. The van der Waals surface area contributed by atoms with Crippen LogP contribution in [-0.4, -0.2) is 30.1 Å². The van der Waals surface area contributed by atoms with Crippen LogP contribution < -0.4 is 25.6 Å². The Morgan fingerprint density at radius 1 is 1.00 bits per heavy atom. The second-order valence-corrected chi connectivity index (χ2v) is 6.70. The first-order valence-electron chi connectivity index (χ1n) is 9.30. The van der Waals surface area contributed by atoms with Gasteiger partial charge in [0.05, 0.1) is 6.61 Å². The summed E-state index contributed by atoms with van der Waals surface area (Å²) in [5.74, 6) is 0.367. The highest BCUT2D eigenvalue weighted by Crippen LogP contribution is 2.14. The molecule has 0 aromatic heterocycles. The van der Waals surface area contributed by atoms with Gasteiger partial charge in [0, 0.05) is 5.56 Å². The average molecular weight is 416 g/mol. The van der Waals surface area contributed by atoms with Crippen molar-refractivity contribution in [3.63, 3.8) is 0 Å². The molecule has 0 atom stereocenters. The molecule has 2 aromatic carbocycles. The van der Waals surface area contributed by atoms with E-state index >= 15 is 0 Å². The van der Waals surface area contributed by atoms with Gasteiger partial charge in [0.25, 0.3) is 11.8 Å². The van der Waals surface area contributed by atoms with Crippen molar-refractivity contribution in [1.82, 2.24) is 16.2 Å². The molecule has 7 nitrogen and oxygen atoms in total. The number of carbonyl (C=O) groups is 2. The lowest BCUT2D eigenvalue weighted by molar-refractivity contribution is -0.123. The first kappa shape index (κ1) is 22.2. The summed E-state index contributed by atoms with van der Waals surface area (Å²) in [5, 5.41) is 2.47. The zero-order valence-corrected chi connectivity index (χ0v) is 17.3. The van der Waals surface area contributed by atoms with Crippen LogP contribution in [0.15, 0.2) is 48.5 Å². The van der Waals surface area contributed by atoms with Crippen molar-refractivity contribution < 1.29 is 19.1 Å². The lowest BCUT2D eigenvalue weighted by Crippen LogP contribution is -2.49. The Kier molecular flexibility index (Phi) is 8.91. The predicted octanol–water partition coefficient (Wildman–Crippen LogP) is 2.89. The number of unbranched alkanes of at least 4 members (excludes halogenated alkanes) is 1. The third-order valence-electron chi connectivity index (χ3n) is 3.76. The largest absolute Gasteiger partial charge is 0.494 e. The molecule has 2 aromatic rings. The van der Waals surface area contributed by atoms with Crippen LogP contribution in [0.2, 0.25) is 0 Å². The second-order valence-electron chi connectivity index (χ2n) is 6.29. The molecule has 2 rings (SSSR count). The minimum atomic E-state index is -0.436. The van der Waals surface area contributed by atoms with E-state index in [2.05, 4.69) is 23.1 Å². The van der Waals surface area contributed by atoms with Gasteiger partial charge in [-0.15, -0.1) is 0 Å². The molecule has 0 saturated heterocycles. The summed E-state index contributed by atoms with van der Waals surface area (Å²) in [6, 6.07) is 14.2. The van der Waals surface area contributed by atoms with Crippen molar-refractivity contribution in [2.24, 2.45) is 0 Å². The van der Waals surface area contributed by atoms with Crippen molar-refractivity contribution in [2.75, 3.05) is 13.2 Å². The van der Waals surface area contributed by atoms with Crippen LogP contribution >= 0.6 is 12.2 Å². The summed E-state index contributed by atoms with van der Waals surface area (Å²) in [7, 11) is 0. The molecule has 0 spiro atoms. The van der Waals surface area contributed by atoms with Crippen LogP contribution in [0.3, 0.4) is 0 Å². The second kappa shape index (κ2) is 11.7. The first-order chi connectivity index (χ1) is 14.0. The highest BCUT2D eigenvalue weighted by Gasteiger charge is 2.10. The molecule has 29 heavy (non-hydrogen) atoms. The monoisotopic (exact) mass is 415 g/mol. The highest BCUT2D eigenvalue weighted by atomic mass is 32.1. The van der Waals surface area contributed by atoms with Gasteiger partial charge < -0.3 is 9.47 Å². The average Bonchev–Trinajstić information content (AvgIpc) is 2.71. The minimum Gasteiger partial charge on any atom is -0.494 e. The number of ether oxygens (including phenoxy) is 2. The number of hydrazine groups is 1. The number of aryl methyl sites for hydroxylation is 1. The quantitative estimate of drug-likeness (QED) is 0.349. The van der Waals surface area contributed by atoms with E-state index in [0.29, 0.717) is 23.7 Å². The van der Waals surface area contributed by atoms with Crippen molar-refractivity contribution in [3.8, 4) is 11.5 Å². The van der Waals surface area contributed by atoms with Gasteiger partial charge in [-0.05, 0) is 61.5 Å². The van der Waals surface area contributed by atoms with Gasteiger partial charge in [-0.1, -0.05) is 31.5 Å². The number of hydrogen-bond donors (Lipinski definition) is 3. The van der Waals surface area contributed by atoms with E-state index in [1.807, 2.05) is 25.1 Å². The number of hydrogen-bond acceptors (Lipinski definition) is 5. The molecule has 2 amide bonds. The Hall–Kier alpha value is -3.13. The Bertz CT molecular complexity index is 857. The van der Waals surface area contributed by atoms with Crippen LogP contribution in [0.25, 0.3) is 0 Å². The van der Waals surface area contributed by atoms with Crippen LogP contribution in [0, 0.1) is 6.92 Å². The topological polar surface area (TPSA) is 88.7 Å². The maximum Gasteiger partial charge on any atom is 0.276 e. The Morgan fingerprint density at radius 2 is 1.72 bits per heavy atom. The van der Waals surface area contributed by atoms with Crippen molar-refractivity contribution in [3.05, 3.63) is 59.7 Å². The van der Waals surface area contributed by atoms with Gasteiger partial charge in [0.15, 0.2) is 11.7 Å². The Labute approximate surface area is 175 Å². The lowest BCUT2D eigenvalue weighted by Gasteiger charge is -2.12. The van der Waals surface area contributed by atoms with E-state index in [9.17, 15) is 9.59 Å². The number of nitrogens with one attached hydrogen (secondary N) is 3. The standard InChI is InChI=1S/C21H25N3O4S/c1-3-4-11-27-18-10-6-8-16(13-18)20(26)22-21(29)24-23-19(25)14-28-17-9-5-7-15(2)12-17/h5-10,12-13H,3-4,11,14H2,1-2H3,(H,23,25)(H2,22,24,26,29). The van der Waals surface area contributed by atoms with Gasteiger partial charge in [0.2, 0.25) is 0 Å².